The van der Waals surface area contributed by atoms with Crippen LogP contribution in [-0.2, 0) is 4.79 Å². The molecule has 2 aliphatic rings. The van der Waals surface area contributed by atoms with Crippen molar-refractivity contribution in [1.29, 1.82) is 0 Å². The van der Waals surface area contributed by atoms with E-state index in [1.54, 1.807) is 0 Å². The van der Waals surface area contributed by atoms with Gasteiger partial charge in [-0.1, -0.05) is 19.3 Å². The molecule has 0 N–H and O–H groups in total. The van der Waals surface area contributed by atoms with Gasteiger partial charge in [-0.15, -0.1) is 0 Å². The summed E-state index contributed by atoms with van der Waals surface area (Å²) in [7, 11) is 0. The fourth-order valence-corrected chi connectivity index (χ4v) is 3.36. The van der Waals surface area contributed by atoms with Gasteiger partial charge in [0.15, 0.2) is 0 Å². The summed E-state index contributed by atoms with van der Waals surface area (Å²) in [6, 6.07) is 0.956. The Bertz CT molecular complexity index is 237. The summed E-state index contributed by atoms with van der Waals surface area (Å²) in [6.45, 7) is 4.32. The second-order valence-corrected chi connectivity index (χ2v) is 5.40. The maximum atomic E-state index is 11.9. The number of likely N-dealkylation sites (tertiary alicyclic amines) is 1. The molecule has 0 aromatic heterocycles. The predicted molar refractivity (Wildman–Crippen MR) is 61.6 cm³/mol. The van der Waals surface area contributed by atoms with Gasteiger partial charge in [0.05, 0.1) is 0 Å². The van der Waals surface area contributed by atoms with Crippen molar-refractivity contribution in [2.75, 3.05) is 0 Å². The molecule has 2 atom stereocenters. The minimum absolute atomic E-state index is 0.392. The summed E-state index contributed by atoms with van der Waals surface area (Å²) in [4.78, 5) is 14.1. The first-order valence-electron chi connectivity index (χ1n) is 6.51. The average Bonchev–Trinajstić information content (AvgIpc) is 2.41. The molecule has 2 unspecified atom stereocenters. The van der Waals surface area contributed by atoms with Crippen molar-refractivity contribution < 1.29 is 4.79 Å². The molecule has 0 spiro atoms. The van der Waals surface area contributed by atoms with Crippen LogP contribution < -0.4 is 0 Å². The topological polar surface area (TPSA) is 20.3 Å². The Kier molecular flexibility index (Phi) is 3.32. The summed E-state index contributed by atoms with van der Waals surface area (Å²) in [6.07, 6.45) is 8.59. The van der Waals surface area contributed by atoms with E-state index in [1.165, 1.54) is 32.1 Å². The molecular weight excluding hydrogens is 186 g/mol. The van der Waals surface area contributed by atoms with Crippen molar-refractivity contribution in [3.63, 3.8) is 0 Å². The lowest BCUT2D eigenvalue weighted by molar-refractivity contribution is -0.141. The van der Waals surface area contributed by atoms with Gasteiger partial charge in [0.1, 0.15) is 0 Å². The van der Waals surface area contributed by atoms with E-state index in [-0.39, 0.29) is 0 Å². The largest absolute Gasteiger partial charge is 0.337 e. The first-order valence-corrected chi connectivity index (χ1v) is 6.51. The van der Waals surface area contributed by atoms with Crippen LogP contribution in [0.1, 0.15) is 58.8 Å². The molecule has 2 rings (SSSR count). The molecule has 2 fully saturated rings. The third-order valence-corrected chi connectivity index (χ3v) is 4.05. The lowest BCUT2D eigenvalue weighted by atomic mass is 9.84. The van der Waals surface area contributed by atoms with Crippen LogP contribution in [0.15, 0.2) is 0 Å². The number of fused-ring (bicyclic) bond motifs is 1. The normalized spacial score (nSPS) is 32.7. The van der Waals surface area contributed by atoms with Gasteiger partial charge in [0.25, 0.3) is 0 Å². The Hall–Kier alpha value is -0.530. The molecule has 1 saturated carbocycles. The first-order chi connectivity index (χ1) is 7.20. The van der Waals surface area contributed by atoms with E-state index < -0.39 is 0 Å². The van der Waals surface area contributed by atoms with Gasteiger partial charge in [-0.2, -0.15) is 0 Å². The highest BCUT2D eigenvalue weighted by atomic mass is 16.2. The number of carbonyl (C=O) groups is 1. The van der Waals surface area contributed by atoms with E-state index in [4.69, 9.17) is 0 Å². The molecule has 86 valence electrons. The molecule has 1 aliphatic carbocycles. The van der Waals surface area contributed by atoms with Crippen molar-refractivity contribution in [3.8, 4) is 0 Å². The van der Waals surface area contributed by atoms with E-state index in [9.17, 15) is 4.79 Å². The van der Waals surface area contributed by atoms with Gasteiger partial charge < -0.3 is 4.90 Å². The van der Waals surface area contributed by atoms with E-state index in [2.05, 4.69) is 18.7 Å². The second-order valence-electron chi connectivity index (χ2n) is 5.40. The van der Waals surface area contributed by atoms with Crippen LogP contribution in [0.4, 0.5) is 0 Å². The van der Waals surface area contributed by atoms with E-state index in [1.807, 2.05) is 0 Å². The molecule has 2 heteroatoms. The fraction of sp³-hybridized carbons (Fsp3) is 0.923. The molecule has 0 aromatic carbocycles. The summed E-state index contributed by atoms with van der Waals surface area (Å²) >= 11 is 0. The molecule has 1 aliphatic heterocycles. The maximum absolute atomic E-state index is 11.9. The Morgan fingerprint density at radius 3 is 2.60 bits per heavy atom. The van der Waals surface area contributed by atoms with Gasteiger partial charge >= 0.3 is 0 Å². The van der Waals surface area contributed by atoms with Crippen molar-refractivity contribution in [1.82, 2.24) is 4.90 Å². The van der Waals surface area contributed by atoms with Crippen LogP contribution >= 0.6 is 0 Å². The number of hydrogen-bond acceptors (Lipinski definition) is 1. The lowest BCUT2D eigenvalue weighted by Crippen LogP contribution is -2.51. The van der Waals surface area contributed by atoms with Crippen LogP contribution in [0, 0.1) is 5.92 Å². The quantitative estimate of drug-likeness (QED) is 0.650. The number of nitrogens with zero attached hydrogens (tertiary/aromatic N) is 1. The summed E-state index contributed by atoms with van der Waals surface area (Å²) in [5.74, 6) is 1.20. The van der Waals surface area contributed by atoms with Gasteiger partial charge in [0, 0.05) is 18.5 Å². The Balaban J connectivity index is 2.14. The lowest BCUT2D eigenvalue weighted by Gasteiger charge is -2.43. The number of rotatable bonds is 1. The van der Waals surface area contributed by atoms with E-state index >= 15 is 0 Å². The van der Waals surface area contributed by atoms with Gasteiger partial charge in [-0.3, -0.25) is 4.79 Å². The second kappa shape index (κ2) is 4.54. The zero-order valence-electron chi connectivity index (χ0n) is 10.0. The Labute approximate surface area is 93.0 Å². The molecule has 2 nitrogen and oxygen atoms in total. The number of hydrogen-bond donors (Lipinski definition) is 0. The van der Waals surface area contributed by atoms with Gasteiger partial charge in [-0.05, 0) is 39.0 Å². The highest BCUT2D eigenvalue weighted by Crippen LogP contribution is 2.35. The SMILES string of the molecule is CC(C)N1C(=O)CCC2CCCCCC21. The number of amides is 1. The third kappa shape index (κ3) is 2.19. The van der Waals surface area contributed by atoms with E-state index in [0.717, 1.165) is 18.8 Å². The number of piperidine rings is 1. The molecule has 0 radical (unpaired) electrons. The molecular formula is C13H23NO. The minimum Gasteiger partial charge on any atom is -0.337 e. The Morgan fingerprint density at radius 2 is 1.87 bits per heavy atom. The standard InChI is InChI=1S/C13H23NO/c1-10(2)14-12-7-5-3-4-6-11(12)8-9-13(14)15/h10-12H,3-9H2,1-2H3. The Morgan fingerprint density at radius 1 is 1.13 bits per heavy atom. The van der Waals surface area contributed by atoms with Crippen LogP contribution in [0.2, 0.25) is 0 Å². The van der Waals surface area contributed by atoms with Crippen LogP contribution in [0.3, 0.4) is 0 Å². The molecule has 1 amide bonds. The first kappa shape index (κ1) is 11.0. The van der Waals surface area contributed by atoms with Crippen molar-refractivity contribution in [3.05, 3.63) is 0 Å². The van der Waals surface area contributed by atoms with Crippen molar-refractivity contribution >= 4 is 5.91 Å². The monoisotopic (exact) mass is 209 g/mol. The highest BCUT2D eigenvalue weighted by Gasteiger charge is 2.37. The van der Waals surface area contributed by atoms with Crippen molar-refractivity contribution in [2.45, 2.75) is 70.9 Å². The smallest absolute Gasteiger partial charge is 0.223 e. The highest BCUT2D eigenvalue weighted by molar-refractivity contribution is 5.77. The van der Waals surface area contributed by atoms with Crippen molar-refractivity contribution in [2.24, 2.45) is 5.92 Å². The minimum atomic E-state index is 0.392. The summed E-state index contributed by atoms with van der Waals surface area (Å²) in [5, 5.41) is 0. The van der Waals surface area contributed by atoms with Gasteiger partial charge in [0.2, 0.25) is 5.91 Å². The van der Waals surface area contributed by atoms with Crippen LogP contribution in [-0.4, -0.2) is 22.9 Å². The average molecular weight is 209 g/mol. The van der Waals surface area contributed by atoms with Gasteiger partial charge in [-0.25, -0.2) is 0 Å². The third-order valence-electron chi connectivity index (χ3n) is 4.05. The zero-order chi connectivity index (χ0) is 10.8. The molecule has 1 saturated heterocycles. The summed E-state index contributed by atoms with van der Waals surface area (Å²) < 4.78 is 0. The molecule has 15 heavy (non-hydrogen) atoms. The number of carbonyl (C=O) groups excluding carboxylic acids is 1. The summed E-state index contributed by atoms with van der Waals surface area (Å²) in [5.41, 5.74) is 0. The van der Waals surface area contributed by atoms with Crippen LogP contribution in [0.25, 0.3) is 0 Å². The molecule has 1 heterocycles. The predicted octanol–water partition coefficient (Wildman–Crippen LogP) is 2.97. The maximum Gasteiger partial charge on any atom is 0.223 e. The fourth-order valence-electron chi connectivity index (χ4n) is 3.36. The molecule has 0 bridgehead atoms. The molecule has 0 aromatic rings. The van der Waals surface area contributed by atoms with E-state index in [0.29, 0.717) is 18.0 Å². The van der Waals surface area contributed by atoms with Crippen LogP contribution in [0.5, 0.6) is 0 Å². The zero-order valence-corrected chi connectivity index (χ0v) is 10.0.